The maximum Gasteiger partial charge on any atom is 0.343 e. The zero-order valence-electron chi connectivity index (χ0n) is 14.2. The van der Waals surface area contributed by atoms with Crippen LogP contribution in [-0.2, 0) is 9.53 Å². The van der Waals surface area contributed by atoms with Gasteiger partial charge in [-0.15, -0.1) is 0 Å². The molecule has 25 heavy (non-hydrogen) atoms. The highest BCUT2D eigenvalue weighted by atomic mass is 16.6. The Balaban J connectivity index is 2.00. The summed E-state index contributed by atoms with van der Waals surface area (Å²) in [6.07, 6.45) is 3.30. The van der Waals surface area contributed by atoms with Gasteiger partial charge in [-0.3, -0.25) is 10.1 Å². The monoisotopic (exact) mass is 335 g/mol. The van der Waals surface area contributed by atoms with Crippen molar-refractivity contribution >= 4 is 23.5 Å². The number of ether oxygens (including phenoxy) is 1. The Morgan fingerprint density at radius 3 is 2.40 bits per heavy atom. The molecule has 0 aromatic heterocycles. The van der Waals surface area contributed by atoms with Crippen LogP contribution in [0.1, 0.15) is 27.8 Å². The number of hydrogen-bond acceptors (Lipinski definition) is 4. The molecule has 2 aromatic rings. The number of aryl methyl sites for hydroxylation is 3. The largest absolute Gasteiger partial charge is 0.422 e. The van der Waals surface area contributed by atoms with Gasteiger partial charge in [0.25, 0.3) is 5.69 Å². The zero-order valence-corrected chi connectivity index (χ0v) is 14.2. The van der Waals surface area contributed by atoms with Crippen molar-refractivity contribution < 1.29 is 14.5 Å². The van der Waals surface area contributed by atoms with E-state index < -0.39 is 10.9 Å². The summed E-state index contributed by atoms with van der Waals surface area (Å²) in [7, 11) is 0. The van der Waals surface area contributed by atoms with Gasteiger partial charge in [-0.2, -0.15) is 0 Å². The summed E-state index contributed by atoms with van der Waals surface area (Å²) in [5.41, 5.74) is 4.94. The molecule has 0 saturated heterocycles. The molecule has 2 aromatic carbocycles. The molecule has 5 nitrogen and oxygen atoms in total. The molecule has 0 saturated carbocycles. The van der Waals surface area contributed by atoms with Crippen molar-refractivity contribution in [3.05, 3.63) is 86.0 Å². The van der Waals surface area contributed by atoms with Crippen LogP contribution in [0.3, 0.4) is 0 Å². The van der Waals surface area contributed by atoms with Gasteiger partial charge in [-0.1, -0.05) is 18.2 Å². The molecule has 1 aliphatic rings. The number of benzene rings is 2. The fourth-order valence-corrected chi connectivity index (χ4v) is 2.59. The second-order valence-electron chi connectivity index (χ2n) is 6.09. The Kier molecular flexibility index (Phi) is 4.23. The first kappa shape index (κ1) is 16.6. The van der Waals surface area contributed by atoms with Gasteiger partial charge in [-0.25, -0.2) is 4.79 Å². The highest BCUT2D eigenvalue weighted by Gasteiger charge is 2.22. The molecular weight excluding hydrogens is 318 g/mol. The number of rotatable bonds is 3. The van der Waals surface area contributed by atoms with Crippen LogP contribution in [-0.4, -0.2) is 10.9 Å². The van der Waals surface area contributed by atoms with Gasteiger partial charge in [-0.05, 0) is 61.2 Å². The van der Waals surface area contributed by atoms with Gasteiger partial charge in [0.15, 0.2) is 0 Å². The highest BCUT2D eigenvalue weighted by molar-refractivity contribution is 6.05. The molecule has 0 atom stereocenters. The molecule has 0 amide bonds. The lowest BCUT2D eigenvalue weighted by Gasteiger charge is -2.05. The van der Waals surface area contributed by atoms with Crippen molar-refractivity contribution in [3.63, 3.8) is 0 Å². The summed E-state index contributed by atoms with van der Waals surface area (Å²) >= 11 is 0. The number of cyclic esters (lactones) is 1. The number of esters is 1. The van der Waals surface area contributed by atoms with Gasteiger partial charge in [0.2, 0.25) is 0 Å². The van der Waals surface area contributed by atoms with E-state index in [2.05, 4.69) is 0 Å². The maximum absolute atomic E-state index is 12.2. The van der Waals surface area contributed by atoms with Gasteiger partial charge in [0.05, 0.1) is 10.5 Å². The molecule has 0 N–H and O–H groups in total. The number of hydrogen-bond donors (Lipinski definition) is 0. The average Bonchev–Trinajstić information content (AvgIpc) is 2.93. The summed E-state index contributed by atoms with van der Waals surface area (Å²) in [5.74, 6) is 0.0292. The quantitative estimate of drug-likeness (QED) is 0.358. The molecule has 1 aliphatic heterocycles. The third-order valence-corrected chi connectivity index (χ3v) is 4.30. The normalized spacial score (nSPS) is 15.2. The molecule has 0 spiro atoms. The molecule has 0 aliphatic carbocycles. The summed E-state index contributed by atoms with van der Waals surface area (Å²) in [6, 6.07) is 10.4. The van der Waals surface area contributed by atoms with E-state index in [9.17, 15) is 14.9 Å². The van der Waals surface area contributed by atoms with Crippen molar-refractivity contribution in [3.8, 4) is 0 Å². The van der Waals surface area contributed by atoms with E-state index in [0.29, 0.717) is 16.9 Å². The smallest absolute Gasteiger partial charge is 0.343 e. The number of non-ortho nitro benzene ring substituents is 1. The molecular formula is C20H17NO4. The van der Waals surface area contributed by atoms with E-state index >= 15 is 0 Å². The lowest BCUT2D eigenvalue weighted by atomic mass is 10.0. The topological polar surface area (TPSA) is 69.4 Å². The standard InChI is InChI=1S/C20H17NO4/c1-12-4-6-15(8-14(12)3)19-11-17(20(22)25-19)9-16-10-18(21(23)24)7-5-13(16)2/h4-11H,1-3H3. The van der Waals surface area contributed by atoms with Crippen LogP contribution in [0.2, 0.25) is 0 Å². The predicted molar refractivity (Wildman–Crippen MR) is 95.8 cm³/mol. The predicted octanol–water partition coefficient (Wildman–Crippen LogP) is 4.50. The molecule has 0 unspecified atom stereocenters. The number of nitro benzene ring substituents is 1. The fourth-order valence-electron chi connectivity index (χ4n) is 2.59. The van der Waals surface area contributed by atoms with Crippen LogP contribution in [0.5, 0.6) is 0 Å². The number of carbonyl (C=O) groups is 1. The Hall–Kier alpha value is -3.21. The van der Waals surface area contributed by atoms with Crippen molar-refractivity contribution in [2.45, 2.75) is 20.8 Å². The van der Waals surface area contributed by atoms with Gasteiger partial charge in [0, 0.05) is 17.7 Å². The van der Waals surface area contributed by atoms with Crippen LogP contribution in [0.25, 0.3) is 11.8 Å². The summed E-state index contributed by atoms with van der Waals surface area (Å²) in [4.78, 5) is 22.7. The lowest BCUT2D eigenvalue weighted by molar-refractivity contribution is -0.384. The van der Waals surface area contributed by atoms with Crippen LogP contribution in [0.4, 0.5) is 5.69 Å². The second-order valence-corrected chi connectivity index (χ2v) is 6.09. The van der Waals surface area contributed by atoms with E-state index in [-0.39, 0.29) is 5.69 Å². The molecule has 0 fully saturated rings. The number of carbonyl (C=O) groups excluding carboxylic acids is 1. The minimum absolute atomic E-state index is 0.0119. The Bertz CT molecular complexity index is 954. The van der Waals surface area contributed by atoms with Crippen LogP contribution < -0.4 is 0 Å². The van der Waals surface area contributed by atoms with E-state index in [4.69, 9.17) is 4.74 Å². The Morgan fingerprint density at radius 1 is 1.00 bits per heavy atom. The lowest BCUT2D eigenvalue weighted by Crippen LogP contribution is -1.98. The third-order valence-electron chi connectivity index (χ3n) is 4.30. The maximum atomic E-state index is 12.2. The molecule has 1 heterocycles. The first-order chi connectivity index (χ1) is 11.8. The first-order valence-corrected chi connectivity index (χ1v) is 7.83. The van der Waals surface area contributed by atoms with Crippen molar-refractivity contribution in [1.29, 1.82) is 0 Å². The van der Waals surface area contributed by atoms with Crippen LogP contribution in [0.15, 0.2) is 48.0 Å². The van der Waals surface area contributed by atoms with E-state index in [1.807, 2.05) is 39.0 Å². The third kappa shape index (κ3) is 3.35. The summed E-state index contributed by atoms with van der Waals surface area (Å²) in [6.45, 7) is 5.86. The number of nitrogens with zero attached hydrogens (tertiary/aromatic N) is 1. The molecule has 5 heteroatoms. The first-order valence-electron chi connectivity index (χ1n) is 7.83. The fraction of sp³-hybridized carbons (Fsp3) is 0.150. The van der Waals surface area contributed by atoms with E-state index in [0.717, 1.165) is 22.3 Å². The zero-order chi connectivity index (χ0) is 18.1. The van der Waals surface area contributed by atoms with E-state index in [1.54, 1.807) is 18.2 Å². The van der Waals surface area contributed by atoms with Gasteiger partial charge < -0.3 is 4.74 Å². The molecule has 0 bridgehead atoms. The van der Waals surface area contributed by atoms with E-state index in [1.165, 1.54) is 12.1 Å². The van der Waals surface area contributed by atoms with Crippen LogP contribution >= 0.6 is 0 Å². The van der Waals surface area contributed by atoms with Gasteiger partial charge in [0.1, 0.15) is 5.76 Å². The highest BCUT2D eigenvalue weighted by Crippen LogP contribution is 2.29. The van der Waals surface area contributed by atoms with Crippen LogP contribution in [0, 0.1) is 30.9 Å². The SMILES string of the molecule is Cc1ccc(C2=CC(=Cc3cc([N+](=O)[O-])ccc3C)C(=O)O2)cc1C. The minimum atomic E-state index is -0.459. The second kappa shape index (κ2) is 6.36. The molecule has 3 rings (SSSR count). The summed E-state index contributed by atoms with van der Waals surface area (Å²) < 4.78 is 5.36. The van der Waals surface area contributed by atoms with Gasteiger partial charge >= 0.3 is 5.97 Å². The Morgan fingerprint density at radius 2 is 1.72 bits per heavy atom. The average molecular weight is 335 g/mol. The van der Waals surface area contributed by atoms with Crippen molar-refractivity contribution in [2.75, 3.05) is 0 Å². The Labute approximate surface area is 145 Å². The number of nitro groups is 1. The van der Waals surface area contributed by atoms with Crippen molar-refractivity contribution in [2.24, 2.45) is 0 Å². The molecule has 0 radical (unpaired) electrons. The molecule has 126 valence electrons. The minimum Gasteiger partial charge on any atom is -0.422 e. The van der Waals surface area contributed by atoms with Crippen molar-refractivity contribution in [1.82, 2.24) is 0 Å². The summed E-state index contributed by atoms with van der Waals surface area (Å²) in [5, 5.41) is 10.9.